The molecule has 0 aliphatic carbocycles. The molecule has 0 saturated carbocycles. The molecule has 0 fully saturated rings. The number of rotatable bonds is 4. The fraction of sp³-hybridized carbons (Fsp3) is 0.176. The van der Waals surface area contributed by atoms with E-state index in [4.69, 9.17) is 16.9 Å². The summed E-state index contributed by atoms with van der Waals surface area (Å²) < 4.78 is 65.7. The lowest BCUT2D eigenvalue weighted by Crippen LogP contribution is -2.37. The van der Waals surface area contributed by atoms with Crippen LogP contribution in [0.25, 0.3) is 0 Å². The number of alkyl halides is 3. The van der Waals surface area contributed by atoms with Gasteiger partial charge in [-0.3, -0.25) is 9.59 Å². The van der Waals surface area contributed by atoms with Crippen LogP contribution in [0.5, 0.6) is 0 Å². The zero-order valence-corrected chi connectivity index (χ0v) is 15.3. The number of nitrogen functional groups attached to an aromatic ring is 2. The van der Waals surface area contributed by atoms with Crippen molar-refractivity contribution >= 4 is 35.2 Å². The maximum Gasteiger partial charge on any atom is 0.416 e. The van der Waals surface area contributed by atoms with Gasteiger partial charge in [-0.15, -0.1) is 0 Å². The number of nitrogens with one attached hydrogen (secondary N) is 2. The Morgan fingerprint density at radius 1 is 1.23 bits per heavy atom. The maximum atomic E-state index is 14.0. The molecule has 2 amide bonds. The van der Waals surface area contributed by atoms with Crippen LogP contribution in [0.4, 0.5) is 39.1 Å². The van der Waals surface area contributed by atoms with Crippen molar-refractivity contribution in [1.29, 1.82) is 5.41 Å². The molecule has 1 heterocycles. The van der Waals surface area contributed by atoms with Gasteiger partial charge in [-0.05, 0) is 12.1 Å². The fourth-order valence-corrected chi connectivity index (χ4v) is 2.38. The molecular weight excluding hydrogens is 415 g/mol. The Morgan fingerprint density at radius 3 is 2.30 bits per heavy atom. The summed E-state index contributed by atoms with van der Waals surface area (Å²) in [7, 11) is 1.02. The van der Waals surface area contributed by atoms with Crippen LogP contribution >= 0.6 is 0 Å². The van der Waals surface area contributed by atoms with E-state index in [-0.39, 0.29) is 34.9 Å². The molecule has 1 aromatic carbocycles. The number of amides is 2. The van der Waals surface area contributed by atoms with E-state index in [1.807, 2.05) is 0 Å². The number of nitrogens with two attached hydrogens (primary N) is 2. The number of anilines is 3. The van der Waals surface area contributed by atoms with Gasteiger partial charge in [-0.25, -0.2) is 13.8 Å². The first-order valence-electron chi connectivity index (χ1n) is 8.02. The molecule has 160 valence electrons. The van der Waals surface area contributed by atoms with Crippen molar-refractivity contribution in [1.82, 2.24) is 9.88 Å². The maximum absolute atomic E-state index is 14.0. The number of nitrogens with zero attached hydrogens (tertiary/aromatic N) is 2. The first kappa shape index (κ1) is 22.5. The van der Waals surface area contributed by atoms with Crippen molar-refractivity contribution in [2.45, 2.75) is 12.7 Å². The number of benzene rings is 1. The van der Waals surface area contributed by atoms with Gasteiger partial charge < -0.3 is 27.1 Å². The number of halogens is 5. The average Bonchev–Trinajstić information content (AvgIpc) is 2.65. The van der Waals surface area contributed by atoms with Crippen molar-refractivity contribution in [3.63, 3.8) is 0 Å². The van der Waals surface area contributed by atoms with Crippen LogP contribution in [-0.2, 0) is 22.3 Å². The Bertz CT molecular complexity index is 1000. The topological polar surface area (TPSA) is 138 Å². The molecule has 2 aromatic rings. The van der Waals surface area contributed by atoms with E-state index in [9.17, 15) is 31.5 Å². The van der Waals surface area contributed by atoms with E-state index >= 15 is 0 Å². The van der Waals surface area contributed by atoms with Gasteiger partial charge in [0, 0.05) is 18.8 Å². The summed E-state index contributed by atoms with van der Waals surface area (Å²) >= 11 is 0. The highest BCUT2D eigenvalue weighted by Crippen LogP contribution is 2.31. The molecular formula is C17H15F5N6O2. The molecule has 1 aromatic heterocycles. The van der Waals surface area contributed by atoms with E-state index in [0.29, 0.717) is 4.90 Å². The molecule has 0 bridgehead atoms. The molecule has 0 saturated heterocycles. The lowest BCUT2D eigenvalue weighted by Gasteiger charge is -2.19. The van der Waals surface area contributed by atoms with Crippen molar-refractivity contribution < 1.29 is 31.5 Å². The van der Waals surface area contributed by atoms with Crippen LogP contribution in [0, 0.1) is 17.0 Å². The first-order chi connectivity index (χ1) is 13.9. The molecule has 0 spiro atoms. The third kappa shape index (κ3) is 4.61. The van der Waals surface area contributed by atoms with Crippen LogP contribution in [-0.4, -0.2) is 35.0 Å². The highest BCUT2D eigenvalue weighted by atomic mass is 19.4. The minimum Gasteiger partial charge on any atom is -0.396 e. The Hall–Kier alpha value is -3.77. The van der Waals surface area contributed by atoms with Gasteiger partial charge in [0.15, 0.2) is 0 Å². The fourth-order valence-electron chi connectivity index (χ4n) is 2.38. The average molecular weight is 430 g/mol. The predicted molar refractivity (Wildman–Crippen MR) is 97.4 cm³/mol. The zero-order valence-electron chi connectivity index (χ0n) is 15.3. The standard InChI is InChI=1S/C17H15F5N6O2/c1-28(6-9-10(18)2-7(3-11(9)19)17(20,21)22)16(30)15(29)27-12-5-26-14(25)8(4-23)13(12)24/h2-5,23H,6H2,1H3,(H,27,29)(H4,24,25,26). The Kier molecular flexibility index (Phi) is 6.23. The number of hydrogen-bond acceptors (Lipinski definition) is 6. The number of aromatic nitrogens is 1. The molecule has 0 atom stereocenters. The highest BCUT2D eigenvalue weighted by Gasteiger charge is 2.33. The van der Waals surface area contributed by atoms with Crippen LogP contribution in [0.3, 0.4) is 0 Å². The quantitative estimate of drug-likeness (QED) is 0.335. The molecule has 0 aliphatic rings. The van der Waals surface area contributed by atoms with E-state index in [2.05, 4.69) is 10.3 Å². The van der Waals surface area contributed by atoms with Crippen molar-refractivity contribution in [3.8, 4) is 0 Å². The Balaban J connectivity index is 2.19. The molecule has 13 heteroatoms. The number of likely N-dealkylation sites (N-methyl/N-ethyl adjacent to an activating group) is 1. The largest absolute Gasteiger partial charge is 0.416 e. The predicted octanol–water partition coefficient (Wildman–Crippen LogP) is 2.14. The van der Waals surface area contributed by atoms with Gasteiger partial charge in [0.05, 0.1) is 35.2 Å². The minimum absolute atomic E-state index is 0.00231. The van der Waals surface area contributed by atoms with E-state index in [1.54, 1.807) is 0 Å². The number of hydrogen-bond donors (Lipinski definition) is 4. The van der Waals surface area contributed by atoms with Gasteiger partial charge in [0.2, 0.25) is 0 Å². The van der Waals surface area contributed by atoms with Gasteiger partial charge >= 0.3 is 18.0 Å². The lowest BCUT2D eigenvalue weighted by molar-refractivity contribution is -0.142. The normalized spacial score (nSPS) is 11.1. The third-order valence-corrected chi connectivity index (χ3v) is 3.99. The van der Waals surface area contributed by atoms with Crippen LogP contribution < -0.4 is 16.8 Å². The molecule has 2 rings (SSSR count). The van der Waals surface area contributed by atoms with Gasteiger partial charge in [0.25, 0.3) is 0 Å². The van der Waals surface area contributed by atoms with Gasteiger partial charge in [0.1, 0.15) is 17.5 Å². The first-order valence-corrected chi connectivity index (χ1v) is 8.02. The van der Waals surface area contributed by atoms with E-state index < -0.39 is 47.3 Å². The second-order valence-corrected chi connectivity index (χ2v) is 6.06. The monoisotopic (exact) mass is 430 g/mol. The van der Waals surface area contributed by atoms with Gasteiger partial charge in [-0.1, -0.05) is 0 Å². The molecule has 30 heavy (non-hydrogen) atoms. The summed E-state index contributed by atoms with van der Waals surface area (Å²) in [6.07, 6.45) is -3.13. The molecule has 6 N–H and O–H groups in total. The Morgan fingerprint density at radius 2 is 1.80 bits per heavy atom. The molecule has 0 unspecified atom stereocenters. The highest BCUT2D eigenvalue weighted by molar-refractivity contribution is 6.39. The molecule has 0 radical (unpaired) electrons. The van der Waals surface area contributed by atoms with E-state index in [0.717, 1.165) is 19.5 Å². The lowest BCUT2D eigenvalue weighted by atomic mass is 10.1. The summed E-state index contributed by atoms with van der Waals surface area (Å²) in [5, 5.41) is 9.35. The summed E-state index contributed by atoms with van der Waals surface area (Å²) in [5.74, 6) is -5.66. The molecule has 0 aliphatic heterocycles. The summed E-state index contributed by atoms with van der Waals surface area (Å²) in [6, 6.07) is 0.187. The van der Waals surface area contributed by atoms with Crippen molar-refractivity contribution in [2.75, 3.05) is 23.8 Å². The van der Waals surface area contributed by atoms with Crippen molar-refractivity contribution in [2.24, 2.45) is 0 Å². The smallest absolute Gasteiger partial charge is 0.396 e. The second kappa shape index (κ2) is 8.31. The van der Waals surface area contributed by atoms with Crippen LogP contribution in [0.1, 0.15) is 16.7 Å². The number of carbonyl (C=O) groups excluding carboxylic acids is 2. The van der Waals surface area contributed by atoms with Crippen LogP contribution in [0.15, 0.2) is 18.3 Å². The third-order valence-electron chi connectivity index (χ3n) is 3.99. The second-order valence-electron chi connectivity index (χ2n) is 6.06. The van der Waals surface area contributed by atoms with Crippen molar-refractivity contribution in [3.05, 3.63) is 46.7 Å². The minimum atomic E-state index is -4.95. The summed E-state index contributed by atoms with van der Waals surface area (Å²) in [6.45, 7) is -0.816. The van der Waals surface area contributed by atoms with Gasteiger partial charge in [-0.2, -0.15) is 13.2 Å². The van der Waals surface area contributed by atoms with Crippen LogP contribution in [0.2, 0.25) is 0 Å². The zero-order chi connectivity index (χ0) is 22.8. The van der Waals surface area contributed by atoms with E-state index in [1.165, 1.54) is 0 Å². The number of carbonyl (C=O) groups is 2. The summed E-state index contributed by atoms with van der Waals surface area (Å²) in [5.41, 5.74) is 8.62. The SMILES string of the molecule is CN(Cc1c(F)cc(C(F)(F)F)cc1F)C(=O)C(=O)Nc1cnc(N)c(C=N)c1N. The summed E-state index contributed by atoms with van der Waals surface area (Å²) in [4.78, 5) is 28.6. The molecule has 8 nitrogen and oxygen atoms in total. The Labute approximate surface area is 166 Å². The number of pyridine rings is 1.